The van der Waals surface area contributed by atoms with Crippen LogP contribution in [-0.2, 0) is 17.9 Å². The molecule has 0 aromatic carbocycles. The highest BCUT2D eigenvalue weighted by Crippen LogP contribution is 2.18. The molecule has 1 unspecified atom stereocenters. The van der Waals surface area contributed by atoms with Crippen LogP contribution in [0.3, 0.4) is 0 Å². The normalized spacial score (nSPS) is 19.8. The third kappa shape index (κ3) is 4.16. The molecule has 1 saturated heterocycles. The summed E-state index contributed by atoms with van der Waals surface area (Å²) in [5.41, 5.74) is 1.14. The van der Waals surface area contributed by atoms with Crippen LogP contribution in [-0.4, -0.2) is 29.1 Å². The van der Waals surface area contributed by atoms with Gasteiger partial charge in [0.1, 0.15) is 11.5 Å². The van der Waals surface area contributed by atoms with E-state index < -0.39 is 0 Å². The Labute approximate surface area is 125 Å². The van der Waals surface area contributed by atoms with Gasteiger partial charge >= 0.3 is 0 Å². The van der Waals surface area contributed by atoms with E-state index in [0.717, 1.165) is 43.1 Å². The molecular formula is C17H22N2O2. The van der Waals surface area contributed by atoms with Crippen LogP contribution in [0.2, 0.25) is 0 Å². The van der Waals surface area contributed by atoms with E-state index in [1.54, 1.807) is 6.20 Å². The fourth-order valence-corrected chi connectivity index (χ4v) is 2.78. The molecule has 0 saturated carbocycles. The molecule has 1 aliphatic heterocycles. The largest absolute Gasteiger partial charge is 0.465 e. The molecule has 1 fully saturated rings. The molecule has 2 aromatic rings. The summed E-state index contributed by atoms with van der Waals surface area (Å²) < 4.78 is 11.7. The quantitative estimate of drug-likeness (QED) is 0.846. The zero-order valence-corrected chi connectivity index (χ0v) is 12.5. The van der Waals surface area contributed by atoms with Gasteiger partial charge in [0.2, 0.25) is 0 Å². The van der Waals surface area contributed by atoms with E-state index in [1.165, 1.54) is 6.42 Å². The first-order valence-corrected chi connectivity index (χ1v) is 7.58. The Hall–Kier alpha value is -1.65. The van der Waals surface area contributed by atoms with Crippen molar-refractivity contribution in [3.63, 3.8) is 0 Å². The minimum atomic E-state index is 0.301. The molecular weight excluding hydrogens is 264 g/mol. The number of hydrogen-bond donors (Lipinski definition) is 0. The number of furan rings is 1. The Kier molecular flexibility index (Phi) is 4.68. The molecule has 0 bridgehead atoms. The fraction of sp³-hybridized carbons (Fsp3) is 0.471. The third-order valence-corrected chi connectivity index (χ3v) is 3.85. The van der Waals surface area contributed by atoms with Crippen LogP contribution >= 0.6 is 0 Å². The maximum atomic E-state index is 6.03. The smallest absolute Gasteiger partial charge is 0.118 e. The van der Waals surface area contributed by atoms with Gasteiger partial charge in [0.15, 0.2) is 0 Å². The highest BCUT2D eigenvalue weighted by Gasteiger charge is 2.21. The van der Waals surface area contributed by atoms with Gasteiger partial charge in [0.05, 0.1) is 19.3 Å². The highest BCUT2D eigenvalue weighted by molar-refractivity contribution is 5.07. The lowest BCUT2D eigenvalue weighted by Gasteiger charge is -2.32. The number of likely N-dealkylation sites (tertiary alicyclic amines) is 1. The molecule has 0 N–H and O–H groups in total. The number of rotatable bonds is 5. The van der Waals surface area contributed by atoms with Crippen molar-refractivity contribution < 1.29 is 9.15 Å². The van der Waals surface area contributed by atoms with Gasteiger partial charge < -0.3 is 9.15 Å². The summed E-state index contributed by atoms with van der Waals surface area (Å²) in [6.07, 6.45) is 6.27. The minimum Gasteiger partial charge on any atom is -0.465 e. The molecule has 4 heteroatoms. The summed E-state index contributed by atoms with van der Waals surface area (Å²) in [4.78, 5) is 6.53. The Bertz CT molecular complexity index is 553. The van der Waals surface area contributed by atoms with E-state index in [2.05, 4.69) is 22.0 Å². The molecule has 0 spiro atoms. The molecule has 0 aliphatic carbocycles. The number of aryl methyl sites for hydroxylation is 1. The number of ether oxygens (including phenoxy) is 1. The molecule has 112 valence electrons. The summed E-state index contributed by atoms with van der Waals surface area (Å²) in [6.45, 7) is 5.60. The number of hydrogen-bond acceptors (Lipinski definition) is 4. The van der Waals surface area contributed by atoms with Crippen molar-refractivity contribution in [1.82, 2.24) is 9.88 Å². The predicted octanol–water partition coefficient (Wildman–Crippen LogP) is 3.16. The first kappa shape index (κ1) is 14.3. The Morgan fingerprint density at radius 1 is 1.38 bits per heavy atom. The van der Waals surface area contributed by atoms with Gasteiger partial charge in [-0.05, 0) is 50.1 Å². The van der Waals surface area contributed by atoms with E-state index in [4.69, 9.17) is 9.15 Å². The number of piperidine rings is 1. The monoisotopic (exact) mass is 286 g/mol. The first-order chi connectivity index (χ1) is 10.3. The Morgan fingerprint density at radius 2 is 2.33 bits per heavy atom. The van der Waals surface area contributed by atoms with Crippen LogP contribution in [0, 0.1) is 6.92 Å². The Morgan fingerprint density at radius 3 is 3.10 bits per heavy atom. The summed E-state index contributed by atoms with van der Waals surface area (Å²) in [6, 6.07) is 8.09. The van der Waals surface area contributed by atoms with Gasteiger partial charge in [-0.3, -0.25) is 9.88 Å². The van der Waals surface area contributed by atoms with Crippen molar-refractivity contribution in [2.75, 3.05) is 13.1 Å². The van der Waals surface area contributed by atoms with Crippen molar-refractivity contribution in [3.8, 4) is 0 Å². The number of aromatic nitrogens is 1. The van der Waals surface area contributed by atoms with E-state index in [-0.39, 0.29) is 0 Å². The van der Waals surface area contributed by atoms with Crippen LogP contribution in [0.5, 0.6) is 0 Å². The standard InChI is InChI=1S/C17H22N2O2/c1-14-6-7-17(21-14)12-19-9-3-5-16(11-19)20-13-15-4-2-8-18-10-15/h2,4,6-8,10,16H,3,5,9,11-13H2,1H3. The van der Waals surface area contributed by atoms with Crippen LogP contribution < -0.4 is 0 Å². The molecule has 21 heavy (non-hydrogen) atoms. The second-order valence-electron chi connectivity index (χ2n) is 5.68. The van der Waals surface area contributed by atoms with Gasteiger partial charge in [-0.2, -0.15) is 0 Å². The lowest BCUT2D eigenvalue weighted by atomic mass is 10.1. The second-order valence-corrected chi connectivity index (χ2v) is 5.68. The predicted molar refractivity (Wildman–Crippen MR) is 80.8 cm³/mol. The molecule has 0 radical (unpaired) electrons. The maximum Gasteiger partial charge on any atom is 0.118 e. The lowest BCUT2D eigenvalue weighted by Crippen LogP contribution is -2.39. The second kappa shape index (κ2) is 6.87. The topological polar surface area (TPSA) is 38.5 Å². The van der Waals surface area contributed by atoms with Crippen molar-refractivity contribution in [2.24, 2.45) is 0 Å². The summed E-state index contributed by atoms with van der Waals surface area (Å²) in [5.74, 6) is 2.02. The van der Waals surface area contributed by atoms with Crippen LogP contribution in [0.1, 0.15) is 29.9 Å². The lowest BCUT2D eigenvalue weighted by molar-refractivity contribution is -0.0135. The van der Waals surface area contributed by atoms with Gasteiger partial charge in [-0.25, -0.2) is 0 Å². The minimum absolute atomic E-state index is 0.301. The van der Waals surface area contributed by atoms with Gasteiger partial charge in [0, 0.05) is 18.9 Å². The van der Waals surface area contributed by atoms with Crippen molar-refractivity contribution in [1.29, 1.82) is 0 Å². The average Bonchev–Trinajstić information content (AvgIpc) is 2.92. The van der Waals surface area contributed by atoms with Gasteiger partial charge in [0.25, 0.3) is 0 Å². The fourth-order valence-electron chi connectivity index (χ4n) is 2.78. The zero-order chi connectivity index (χ0) is 14.5. The molecule has 3 heterocycles. The molecule has 1 aliphatic rings. The SMILES string of the molecule is Cc1ccc(CN2CCCC(OCc3cccnc3)C2)o1. The van der Waals surface area contributed by atoms with Crippen LogP contribution in [0.25, 0.3) is 0 Å². The van der Waals surface area contributed by atoms with Crippen molar-refractivity contribution in [2.45, 2.75) is 39.0 Å². The van der Waals surface area contributed by atoms with Gasteiger partial charge in [-0.15, -0.1) is 0 Å². The molecule has 0 amide bonds. The van der Waals surface area contributed by atoms with E-state index in [0.29, 0.717) is 12.7 Å². The summed E-state index contributed by atoms with van der Waals surface area (Å²) in [5, 5.41) is 0. The van der Waals surface area contributed by atoms with Crippen LogP contribution in [0.4, 0.5) is 0 Å². The molecule has 2 aromatic heterocycles. The van der Waals surface area contributed by atoms with E-state index >= 15 is 0 Å². The number of nitrogens with zero attached hydrogens (tertiary/aromatic N) is 2. The average molecular weight is 286 g/mol. The van der Waals surface area contributed by atoms with E-state index in [9.17, 15) is 0 Å². The third-order valence-electron chi connectivity index (χ3n) is 3.85. The maximum absolute atomic E-state index is 6.03. The zero-order valence-electron chi connectivity index (χ0n) is 12.5. The van der Waals surface area contributed by atoms with Crippen LogP contribution in [0.15, 0.2) is 41.1 Å². The summed E-state index contributed by atoms with van der Waals surface area (Å²) in [7, 11) is 0. The highest BCUT2D eigenvalue weighted by atomic mass is 16.5. The first-order valence-electron chi connectivity index (χ1n) is 7.58. The van der Waals surface area contributed by atoms with Crippen molar-refractivity contribution in [3.05, 3.63) is 53.7 Å². The molecule has 1 atom stereocenters. The van der Waals surface area contributed by atoms with E-state index in [1.807, 2.05) is 25.3 Å². The summed E-state index contributed by atoms with van der Waals surface area (Å²) >= 11 is 0. The van der Waals surface area contributed by atoms with Crippen molar-refractivity contribution >= 4 is 0 Å². The molecule has 3 rings (SSSR count). The molecule has 4 nitrogen and oxygen atoms in total. The Balaban J connectivity index is 1.49. The van der Waals surface area contributed by atoms with Gasteiger partial charge in [-0.1, -0.05) is 6.07 Å². The number of pyridine rings is 1.